The Balaban J connectivity index is 1.59. The van der Waals surface area contributed by atoms with Gasteiger partial charge in [-0.25, -0.2) is 0 Å². The molecule has 2 fully saturated rings. The van der Waals surface area contributed by atoms with Crippen molar-refractivity contribution in [3.05, 3.63) is 0 Å². The third-order valence-electron chi connectivity index (χ3n) is 3.43. The molecule has 1 atom stereocenters. The van der Waals surface area contributed by atoms with Gasteiger partial charge in [0.15, 0.2) is 0 Å². The number of hydrogen-bond donors (Lipinski definition) is 3. The third kappa shape index (κ3) is 4.42. The summed E-state index contributed by atoms with van der Waals surface area (Å²) < 4.78 is 5.13. The van der Waals surface area contributed by atoms with Gasteiger partial charge in [-0.2, -0.15) is 0 Å². The minimum Gasteiger partial charge on any atom is -0.386 e. The van der Waals surface area contributed by atoms with Crippen molar-refractivity contribution in [2.45, 2.75) is 30.1 Å². The molecule has 0 aromatic heterocycles. The molecular formula is C12H22N2O3S. The van der Waals surface area contributed by atoms with Crippen LogP contribution in [0.2, 0.25) is 0 Å². The van der Waals surface area contributed by atoms with Gasteiger partial charge in [0.2, 0.25) is 5.91 Å². The molecule has 18 heavy (non-hydrogen) atoms. The Kier molecular flexibility index (Phi) is 5.29. The van der Waals surface area contributed by atoms with E-state index in [9.17, 15) is 9.90 Å². The predicted octanol–water partition coefficient (Wildman–Crippen LogP) is -0.261. The second-order valence-corrected chi connectivity index (χ2v) is 6.35. The number of piperidine rings is 1. The molecule has 3 N–H and O–H groups in total. The lowest BCUT2D eigenvalue weighted by atomic mass is 10.0. The van der Waals surface area contributed by atoms with Crippen LogP contribution in [0.25, 0.3) is 0 Å². The summed E-state index contributed by atoms with van der Waals surface area (Å²) in [5, 5.41) is 16.7. The van der Waals surface area contributed by atoms with Crippen LogP contribution < -0.4 is 10.6 Å². The molecule has 2 saturated heterocycles. The highest BCUT2D eigenvalue weighted by molar-refractivity contribution is 8.00. The average molecular weight is 274 g/mol. The Morgan fingerprint density at radius 3 is 2.94 bits per heavy atom. The number of thioether (sulfide) groups is 1. The topological polar surface area (TPSA) is 70.6 Å². The smallest absolute Gasteiger partial charge is 0.230 e. The SMILES string of the molecule is O=C(CSC1CCNCC1)NCC1(O)CCOC1. The van der Waals surface area contributed by atoms with Gasteiger partial charge in [0.1, 0.15) is 5.60 Å². The predicted molar refractivity (Wildman–Crippen MR) is 71.7 cm³/mol. The van der Waals surface area contributed by atoms with Gasteiger partial charge in [-0.05, 0) is 25.9 Å². The van der Waals surface area contributed by atoms with E-state index in [0.29, 0.717) is 37.2 Å². The van der Waals surface area contributed by atoms with Gasteiger partial charge in [-0.3, -0.25) is 4.79 Å². The molecule has 2 heterocycles. The molecule has 0 spiro atoms. The fraction of sp³-hybridized carbons (Fsp3) is 0.917. The van der Waals surface area contributed by atoms with Crippen molar-refractivity contribution in [2.24, 2.45) is 0 Å². The number of rotatable bonds is 5. The molecule has 5 nitrogen and oxygen atoms in total. The molecule has 6 heteroatoms. The molecule has 2 aliphatic rings. The summed E-state index contributed by atoms with van der Waals surface area (Å²) in [6.07, 6.45) is 2.88. The molecule has 0 radical (unpaired) electrons. The van der Waals surface area contributed by atoms with Gasteiger partial charge < -0.3 is 20.5 Å². The number of ether oxygens (including phenoxy) is 1. The van der Waals surface area contributed by atoms with Crippen LogP contribution in [0, 0.1) is 0 Å². The largest absolute Gasteiger partial charge is 0.386 e. The van der Waals surface area contributed by atoms with Crippen molar-refractivity contribution < 1.29 is 14.6 Å². The molecule has 0 saturated carbocycles. The number of amides is 1. The summed E-state index contributed by atoms with van der Waals surface area (Å²) in [6.45, 7) is 3.32. The molecule has 0 aliphatic carbocycles. The first kappa shape index (κ1) is 14.1. The van der Waals surface area contributed by atoms with Crippen molar-refractivity contribution in [3.63, 3.8) is 0 Å². The normalized spacial score (nSPS) is 29.4. The Bertz CT molecular complexity index is 276. The first-order chi connectivity index (χ1) is 8.68. The highest BCUT2D eigenvalue weighted by atomic mass is 32.2. The van der Waals surface area contributed by atoms with E-state index in [1.165, 1.54) is 0 Å². The van der Waals surface area contributed by atoms with E-state index in [0.717, 1.165) is 25.9 Å². The van der Waals surface area contributed by atoms with E-state index in [-0.39, 0.29) is 5.91 Å². The molecule has 0 aromatic rings. The fourth-order valence-electron chi connectivity index (χ4n) is 2.21. The zero-order valence-corrected chi connectivity index (χ0v) is 11.4. The van der Waals surface area contributed by atoms with E-state index >= 15 is 0 Å². The highest BCUT2D eigenvalue weighted by Gasteiger charge is 2.32. The molecule has 0 aromatic carbocycles. The standard InChI is InChI=1S/C12H22N2O3S/c15-11(7-18-10-1-4-13-5-2-10)14-8-12(16)3-6-17-9-12/h10,13,16H,1-9H2,(H,14,15). The van der Waals surface area contributed by atoms with Crippen molar-refractivity contribution in [1.29, 1.82) is 0 Å². The van der Waals surface area contributed by atoms with Crippen LogP contribution in [0.15, 0.2) is 0 Å². The van der Waals surface area contributed by atoms with Crippen LogP contribution in [-0.2, 0) is 9.53 Å². The minimum atomic E-state index is -0.852. The maximum atomic E-state index is 11.7. The number of carbonyl (C=O) groups excluding carboxylic acids is 1. The molecule has 2 aliphatic heterocycles. The lowest BCUT2D eigenvalue weighted by molar-refractivity contribution is -0.119. The van der Waals surface area contributed by atoms with Crippen LogP contribution in [0.1, 0.15) is 19.3 Å². The number of hydrogen-bond acceptors (Lipinski definition) is 5. The van der Waals surface area contributed by atoms with E-state index in [2.05, 4.69) is 10.6 Å². The first-order valence-corrected chi connectivity index (χ1v) is 7.62. The first-order valence-electron chi connectivity index (χ1n) is 6.57. The van der Waals surface area contributed by atoms with Gasteiger partial charge in [0.25, 0.3) is 0 Å². The molecule has 0 bridgehead atoms. The van der Waals surface area contributed by atoms with Crippen LogP contribution in [0.4, 0.5) is 0 Å². The zero-order chi connectivity index (χ0) is 12.8. The van der Waals surface area contributed by atoms with Crippen LogP contribution >= 0.6 is 11.8 Å². The fourth-order valence-corrected chi connectivity index (χ4v) is 3.26. The van der Waals surface area contributed by atoms with Crippen molar-refractivity contribution in [1.82, 2.24) is 10.6 Å². The quantitative estimate of drug-likeness (QED) is 0.644. The maximum Gasteiger partial charge on any atom is 0.230 e. The second-order valence-electron chi connectivity index (χ2n) is 5.06. The summed E-state index contributed by atoms with van der Waals surface area (Å²) >= 11 is 1.72. The number of nitrogens with one attached hydrogen (secondary N) is 2. The Hall–Kier alpha value is -0.300. The van der Waals surface area contributed by atoms with Crippen LogP contribution in [-0.4, -0.2) is 60.5 Å². The van der Waals surface area contributed by atoms with E-state index in [1.54, 1.807) is 11.8 Å². The van der Waals surface area contributed by atoms with Crippen molar-refractivity contribution >= 4 is 17.7 Å². The lowest BCUT2D eigenvalue weighted by Crippen LogP contribution is -2.44. The Morgan fingerprint density at radius 1 is 1.50 bits per heavy atom. The third-order valence-corrected chi connectivity index (χ3v) is 4.81. The lowest BCUT2D eigenvalue weighted by Gasteiger charge is -2.23. The summed E-state index contributed by atoms with van der Waals surface area (Å²) in [4.78, 5) is 11.7. The van der Waals surface area contributed by atoms with Gasteiger partial charge in [0, 0.05) is 24.8 Å². The van der Waals surface area contributed by atoms with Gasteiger partial charge in [0.05, 0.1) is 12.4 Å². The monoisotopic (exact) mass is 274 g/mol. The molecule has 2 rings (SSSR count). The van der Waals surface area contributed by atoms with Crippen molar-refractivity contribution in [3.8, 4) is 0 Å². The Morgan fingerprint density at radius 2 is 2.28 bits per heavy atom. The van der Waals surface area contributed by atoms with E-state index in [4.69, 9.17) is 4.74 Å². The van der Waals surface area contributed by atoms with Crippen LogP contribution in [0.5, 0.6) is 0 Å². The summed E-state index contributed by atoms with van der Waals surface area (Å²) in [6, 6.07) is 0. The average Bonchev–Trinajstić information content (AvgIpc) is 2.83. The molecule has 1 unspecified atom stereocenters. The summed E-state index contributed by atoms with van der Waals surface area (Å²) in [7, 11) is 0. The van der Waals surface area contributed by atoms with E-state index in [1.807, 2.05) is 0 Å². The number of carbonyl (C=O) groups is 1. The minimum absolute atomic E-state index is 0.0128. The molecule has 104 valence electrons. The van der Waals surface area contributed by atoms with Gasteiger partial charge in [-0.15, -0.1) is 11.8 Å². The van der Waals surface area contributed by atoms with Crippen LogP contribution in [0.3, 0.4) is 0 Å². The highest BCUT2D eigenvalue weighted by Crippen LogP contribution is 2.20. The van der Waals surface area contributed by atoms with E-state index < -0.39 is 5.60 Å². The molecule has 1 amide bonds. The number of aliphatic hydroxyl groups is 1. The molecular weight excluding hydrogens is 252 g/mol. The zero-order valence-electron chi connectivity index (χ0n) is 10.6. The van der Waals surface area contributed by atoms with Crippen molar-refractivity contribution in [2.75, 3.05) is 38.6 Å². The second kappa shape index (κ2) is 6.75. The summed E-state index contributed by atoms with van der Waals surface area (Å²) in [5.41, 5.74) is -0.852. The summed E-state index contributed by atoms with van der Waals surface area (Å²) in [5.74, 6) is 0.501. The van der Waals surface area contributed by atoms with Gasteiger partial charge in [-0.1, -0.05) is 0 Å². The van der Waals surface area contributed by atoms with Gasteiger partial charge >= 0.3 is 0 Å². The maximum absolute atomic E-state index is 11.7. The Labute approximate surface area is 112 Å².